The first-order chi connectivity index (χ1) is 12.5. The Morgan fingerprint density at radius 3 is 2.62 bits per heavy atom. The third-order valence-corrected chi connectivity index (χ3v) is 5.00. The molecule has 7 nitrogen and oxygen atoms in total. The number of anilines is 1. The van der Waals surface area contributed by atoms with Crippen LogP contribution in [0.5, 0.6) is 0 Å². The molecule has 0 aliphatic carbocycles. The Labute approximate surface area is 154 Å². The van der Waals surface area contributed by atoms with E-state index in [1.807, 2.05) is 50.8 Å². The fourth-order valence-corrected chi connectivity index (χ4v) is 3.39. The number of hydrogen-bond acceptors (Lipinski definition) is 5. The summed E-state index contributed by atoms with van der Waals surface area (Å²) < 4.78 is 7.19. The summed E-state index contributed by atoms with van der Waals surface area (Å²) in [6.07, 6.45) is 1.83. The van der Waals surface area contributed by atoms with Crippen molar-refractivity contribution in [3.8, 4) is 0 Å². The van der Waals surface area contributed by atoms with E-state index >= 15 is 0 Å². The van der Waals surface area contributed by atoms with Crippen LogP contribution in [0.3, 0.4) is 0 Å². The first-order valence-electron chi connectivity index (χ1n) is 9.02. The van der Waals surface area contributed by atoms with Crippen LogP contribution in [0.2, 0.25) is 0 Å². The van der Waals surface area contributed by atoms with Gasteiger partial charge >= 0.3 is 0 Å². The Hall–Kier alpha value is -2.41. The highest BCUT2D eigenvalue weighted by molar-refractivity contribution is 5.83. The molecule has 0 radical (unpaired) electrons. The quantitative estimate of drug-likeness (QED) is 0.882. The Morgan fingerprint density at radius 1 is 1.31 bits per heavy atom. The lowest BCUT2D eigenvalue weighted by molar-refractivity contribution is -0.122. The van der Waals surface area contributed by atoms with Gasteiger partial charge in [0, 0.05) is 44.1 Å². The number of carbonyl (C=O) groups is 1. The Balaban J connectivity index is 1.58. The number of amides is 1. The number of nitrogens with zero attached hydrogens (tertiary/aromatic N) is 4. The summed E-state index contributed by atoms with van der Waals surface area (Å²) in [5, 5.41) is 7.41. The molecule has 1 aliphatic rings. The summed E-state index contributed by atoms with van der Waals surface area (Å²) in [6.45, 7) is 9.54. The predicted octanol–water partition coefficient (Wildman–Crippen LogP) is 1.69. The molecule has 2 aromatic rings. The summed E-state index contributed by atoms with van der Waals surface area (Å²) in [6, 6.07) is 4.02. The normalized spacial score (nSPS) is 15.8. The smallest absolute Gasteiger partial charge is 0.227 e. The zero-order chi connectivity index (χ0) is 18.7. The van der Waals surface area contributed by atoms with Crippen LogP contribution >= 0.6 is 0 Å². The molecule has 3 heterocycles. The topological polar surface area (TPSA) is 72.3 Å². The van der Waals surface area contributed by atoms with Gasteiger partial charge < -0.3 is 15.0 Å². The fraction of sp³-hybridized carbons (Fsp3) is 0.526. The van der Waals surface area contributed by atoms with Crippen LogP contribution in [0.15, 0.2) is 18.3 Å². The molecule has 0 spiro atoms. The lowest BCUT2D eigenvalue weighted by Gasteiger charge is -2.27. The van der Waals surface area contributed by atoms with Gasteiger partial charge in [0.1, 0.15) is 5.82 Å². The SMILES string of the molecule is Cc1nn(C)c(C)c1[C@H](C)C(=O)NCc1ccc(N2CCOCC2)nc1. The molecule has 26 heavy (non-hydrogen) atoms. The highest BCUT2D eigenvalue weighted by atomic mass is 16.5. The van der Waals surface area contributed by atoms with Crippen LogP contribution in [-0.2, 0) is 23.1 Å². The molecule has 1 amide bonds. The highest BCUT2D eigenvalue weighted by Crippen LogP contribution is 2.23. The Bertz CT molecular complexity index is 763. The minimum absolute atomic E-state index is 0.00135. The van der Waals surface area contributed by atoms with Crippen molar-refractivity contribution < 1.29 is 9.53 Å². The van der Waals surface area contributed by atoms with Gasteiger partial charge in [-0.2, -0.15) is 5.10 Å². The Morgan fingerprint density at radius 2 is 2.04 bits per heavy atom. The summed E-state index contributed by atoms with van der Waals surface area (Å²) in [4.78, 5) is 19.3. The molecule has 1 fully saturated rings. The second-order valence-electron chi connectivity index (χ2n) is 6.77. The average molecular weight is 357 g/mol. The van der Waals surface area contributed by atoms with Crippen LogP contribution in [-0.4, -0.2) is 47.0 Å². The molecular weight excluding hydrogens is 330 g/mol. The molecule has 2 aromatic heterocycles. The van der Waals surface area contributed by atoms with Gasteiger partial charge in [-0.25, -0.2) is 4.98 Å². The van der Waals surface area contributed by atoms with E-state index in [1.54, 1.807) is 0 Å². The molecule has 7 heteroatoms. The van der Waals surface area contributed by atoms with E-state index in [4.69, 9.17) is 4.74 Å². The van der Waals surface area contributed by atoms with Crippen molar-refractivity contribution in [3.05, 3.63) is 40.8 Å². The number of rotatable bonds is 5. The number of pyridine rings is 1. The molecule has 3 rings (SSSR count). The zero-order valence-corrected chi connectivity index (χ0v) is 16.0. The minimum Gasteiger partial charge on any atom is -0.378 e. The maximum atomic E-state index is 12.6. The largest absolute Gasteiger partial charge is 0.378 e. The number of carbonyl (C=O) groups excluding carboxylic acids is 1. The summed E-state index contributed by atoms with van der Waals surface area (Å²) in [5.41, 5.74) is 3.93. The maximum absolute atomic E-state index is 12.6. The van der Waals surface area contributed by atoms with Crippen molar-refractivity contribution in [3.63, 3.8) is 0 Å². The minimum atomic E-state index is -0.232. The molecule has 0 aromatic carbocycles. The molecule has 0 bridgehead atoms. The third-order valence-electron chi connectivity index (χ3n) is 5.00. The van der Waals surface area contributed by atoms with Gasteiger partial charge in [0.25, 0.3) is 0 Å². The van der Waals surface area contributed by atoms with Gasteiger partial charge in [0.15, 0.2) is 0 Å². The van der Waals surface area contributed by atoms with Crippen LogP contribution in [0.25, 0.3) is 0 Å². The van der Waals surface area contributed by atoms with E-state index < -0.39 is 0 Å². The van der Waals surface area contributed by atoms with E-state index in [2.05, 4.69) is 20.3 Å². The number of aryl methyl sites for hydroxylation is 2. The molecule has 1 saturated heterocycles. The predicted molar refractivity (Wildman–Crippen MR) is 100 cm³/mol. The van der Waals surface area contributed by atoms with E-state index in [1.165, 1.54) is 0 Å². The standard InChI is InChI=1S/C19H27N5O2/c1-13(18-14(2)22-23(4)15(18)3)19(25)21-12-16-5-6-17(20-11-16)24-7-9-26-10-8-24/h5-6,11,13H,7-10,12H2,1-4H3,(H,21,25)/t13-/m0/s1. The van der Waals surface area contributed by atoms with Gasteiger partial charge in [-0.1, -0.05) is 6.07 Å². The van der Waals surface area contributed by atoms with Gasteiger partial charge in [-0.05, 0) is 32.4 Å². The van der Waals surface area contributed by atoms with Crippen molar-refractivity contribution in [2.24, 2.45) is 7.05 Å². The van der Waals surface area contributed by atoms with Gasteiger partial charge in [0.05, 0.1) is 24.8 Å². The zero-order valence-electron chi connectivity index (χ0n) is 16.0. The molecule has 1 N–H and O–H groups in total. The van der Waals surface area contributed by atoms with E-state index in [0.717, 1.165) is 54.6 Å². The molecule has 1 atom stereocenters. The third kappa shape index (κ3) is 3.88. The molecule has 0 unspecified atom stereocenters. The second-order valence-corrected chi connectivity index (χ2v) is 6.77. The molecule has 140 valence electrons. The highest BCUT2D eigenvalue weighted by Gasteiger charge is 2.22. The van der Waals surface area contributed by atoms with E-state index in [0.29, 0.717) is 6.54 Å². The maximum Gasteiger partial charge on any atom is 0.227 e. The van der Waals surface area contributed by atoms with Crippen LogP contribution in [0, 0.1) is 13.8 Å². The number of nitrogens with one attached hydrogen (secondary N) is 1. The average Bonchev–Trinajstić information content (AvgIpc) is 2.92. The van der Waals surface area contributed by atoms with Crippen molar-refractivity contribution in [1.82, 2.24) is 20.1 Å². The van der Waals surface area contributed by atoms with Gasteiger partial charge in [-0.15, -0.1) is 0 Å². The monoisotopic (exact) mass is 357 g/mol. The van der Waals surface area contributed by atoms with Gasteiger partial charge in [-0.3, -0.25) is 9.48 Å². The molecule has 1 aliphatic heterocycles. The van der Waals surface area contributed by atoms with E-state index in [9.17, 15) is 4.79 Å². The number of morpholine rings is 1. The number of hydrogen-bond donors (Lipinski definition) is 1. The van der Waals surface area contributed by atoms with E-state index in [-0.39, 0.29) is 11.8 Å². The summed E-state index contributed by atoms with van der Waals surface area (Å²) in [5.74, 6) is 0.726. The van der Waals surface area contributed by atoms with Gasteiger partial charge in [0.2, 0.25) is 5.91 Å². The summed E-state index contributed by atoms with van der Waals surface area (Å²) >= 11 is 0. The number of aromatic nitrogens is 3. The Kier molecular flexibility index (Phi) is 5.56. The first-order valence-corrected chi connectivity index (χ1v) is 9.02. The van der Waals surface area contributed by atoms with Crippen molar-refractivity contribution in [2.75, 3.05) is 31.2 Å². The lowest BCUT2D eigenvalue weighted by atomic mass is 9.98. The van der Waals surface area contributed by atoms with Crippen molar-refractivity contribution >= 4 is 11.7 Å². The van der Waals surface area contributed by atoms with Crippen LogP contribution in [0.1, 0.15) is 35.4 Å². The lowest BCUT2D eigenvalue weighted by Crippen LogP contribution is -2.36. The summed E-state index contributed by atoms with van der Waals surface area (Å²) in [7, 11) is 1.90. The molecular formula is C19H27N5O2. The van der Waals surface area contributed by atoms with Crippen molar-refractivity contribution in [2.45, 2.75) is 33.2 Å². The number of ether oxygens (including phenoxy) is 1. The first kappa shape index (κ1) is 18.4. The fourth-order valence-electron chi connectivity index (χ4n) is 3.39. The second kappa shape index (κ2) is 7.86. The van der Waals surface area contributed by atoms with Crippen LogP contribution < -0.4 is 10.2 Å². The molecule has 0 saturated carbocycles. The van der Waals surface area contributed by atoms with Crippen LogP contribution in [0.4, 0.5) is 5.82 Å². The van der Waals surface area contributed by atoms with Crippen molar-refractivity contribution in [1.29, 1.82) is 0 Å².